The Kier molecular flexibility index (Phi) is 4.86. The average Bonchev–Trinajstić information content (AvgIpc) is 2.90. The molecular weight excluding hydrogens is 356 g/mol. The summed E-state index contributed by atoms with van der Waals surface area (Å²) in [5.41, 5.74) is -0.444. The maximum absolute atomic E-state index is 12.3. The van der Waals surface area contributed by atoms with Gasteiger partial charge < -0.3 is 0 Å². The minimum absolute atomic E-state index is 0.00111. The Morgan fingerprint density at radius 2 is 1.65 bits per heavy atom. The van der Waals surface area contributed by atoms with Crippen LogP contribution in [0.1, 0.15) is 20.8 Å². The summed E-state index contributed by atoms with van der Waals surface area (Å²) >= 11 is 1.09. The summed E-state index contributed by atoms with van der Waals surface area (Å²) in [5.74, 6) is 0. The Balaban J connectivity index is 2.31. The van der Waals surface area contributed by atoms with E-state index in [9.17, 15) is 16.8 Å². The van der Waals surface area contributed by atoms with Crippen LogP contribution in [0, 0.1) is 0 Å². The molecule has 2 N–H and O–H groups in total. The molecule has 1 heterocycles. The molecule has 0 saturated heterocycles. The van der Waals surface area contributed by atoms with Crippen molar-refractivity contribution in [3.63, 3.8) is 0 Å². The molecule has 0 aliphatic carbocycles. The zero-order valence-electron chi connectivity index (χ0n) is 12.9. The highest BCUT2D eigenvalue weighted by atomic mass is 32.2. The molecule has 2 aromatic rings. The number of anilines is 1. The fraction of sp³-hybridized carbons (Fsp3) is 0.286. The van der Waals surface area contributed by atoms with Gasteiger partial charge in [0.1, 0.15) is 4.21 Å². The van der Waals surface area contributed by atoms with Gasteiger partial charge in [0, 0.05) is 5.54 Å². The predicted molar refractivity (Wildman–Crippen MR) is 91.6 cm³/mol. The number of nitrogens with one attached hydrogen (secondary N) is 2. The zero-order valence-corrected chi connectivity index (χ0v) is 15.3. The van der Waals surface area contributed by atoms with E-state index >= 15 is 0 Å². The second kappa shape index (κ2) is 6.23. The molecule has 0 unspecified atom stereocenters. The molecular formula is C14H18N2O4S3. The van der Waals surface area contributed by atoms with E-state index in [0.717, 1.165) is 11.3 Å². The van der Waals surface area contributed by atoms with Gasteiger partial charge in [0.15, 0.2) is 0 Å². The number of hydrogen-bond acceptors (Lipinski definition) is 5. The molecule has 0 atom stereocenters. The first-order valence-electron chi connectivity index (χ1n) is 6.70. The maximum Gasteiger partial charge on any atom is 0.271 e. The van der Waals surface area contributed by atoms with Crippen LogP contribution in [-0.4, -0.2) is 22.4 Å². The van der Waals surface area contributed by atoms with Gasteiger partial charge in [-0.15, -0.1) is 11.3 Å². The lowest BCUT2D eigenvalue weighted by Crippen LogP contribution is -2.40. The summed E-state index contributed by atoms with van der Waals surface area (Å²) in [6.45, 7) is 5.19. The van der Waals surface area contributed by atoms with E-state index in [0.29, 0.717) is 0 Å². The topological polar surface area (TPSA) is 92.3 Å². The Hall–Kier alpha value is -1.42. The lowest BCUT2D eigenvalue weighted by Gasteiger charge is -2.20. The van der Waals surface area contributed by atoms with Crippen molar-refractivity contribution in [1.82, 2.24) is 4.72 Å². The highest BCUT2D eigenvalue weighted by molar-refractivity contribution is 7.94. The van der Waals surface area contributed by atoms with Crippen LogP contribution in [0.15, 0.2) is 50.9 Å². The van der Waals surface area contributed by atoms with Crippen molar-refractivity contribution in [1.29, 1.82) is 0 Å². The monoisotopic (exact) mass is 374 g/mol. The van der Waals surface area contributed by atoms with Crippen molar-refractivity contribution in [2.45, 2.75) is 35.4 Å². The van der Waals surface area contributed by atoms with Crippen molar-refractivity contribution in [2.24, 2.45) is 0 Å². The Morgan fingerprint density at radius 1 is 0.957 bits per heavy atom. The van der Waals surface area contributed by atoms with Crippen molar-refractivity contribution in [2.75, 3.05) is 4.72 Å². The lowest BCUT2D eigenvalue weighted by atomic mass is 10.1. The molecule has 0 saturated carbocycles. The van der Waals surface area contributed by atoms with Crippen LogP contribution in [0.5, 0.6) is 0 Å². The quantitative estimate of drug-likeness (QED) is 0.841. The third kappa shape index (κ3) is 4.77. The molecule has 0 radical (unpaired) electrons. The third-order valence-corrected chi connectivity index (χ3v) is 7.13. The number of hydrogen-bond donors (Lipinski definition) is 2. The number of benzene rings is 1. The van der Waals surface area contributed by atoms with E-state index in [1.165, 1.54) is 30.3 Å². The number of thiophene rings is 1. The minimum Gasteiger partial charge on any atom is -0.279 e. The van der Waals surface area contributed by atoms with Crippen LogP contribution in [0.2, 0.25) is 0 Å². The smallest absolute Gasteiger partial charge is 0.271 e. The van der Waals surface area contributed by atoms with E-state index in [-0.39, 0.29) is 14.8 Å². The largest absolute Gasteiger partial charge is 0.279 e. The fourth-order valence-electron chi connectivity index (χ4n) is 1.81. The average molecular weight is 375 g/mol. The van der Waals surface area contributed by atoms with Gasteiger partial charge in [-0.25, -0.2) is 21.6 Å². The van der Waals surface area contributed by atoms with Crippen LogP contribution in [0.3, 0.4) is 0 Å². The van der Waals surface area contributed by atoms with Gasteiger partial charge in [0.05, 0.1) is 10.6 Å². The van der Waals surface area contributed by atoms with Crippen molar-refractivity contribution in [3.8, 4) is 0 Å². The van der Waals surface area contributed by atoms with E-state index < -0.39 is 25.6 Å². The molecule has 0 bridgehead atoms. The maximum atomic E-state index is 12.3. The third-order valence-electron chi connectivity index (χ3n) is 2.60. The van der Waals surface area contributed by atoms with Gasteiger partial charge >= 0.3 is 0 Å². The standard InChI is InChI=1S/C14H18N2O4S3/c1-14(2,3)16-22(17,18)12-7-4-6-11(10-12)15-23(19,20)13-8-5-9-21-13/h4-10,15-16H,1-3H3. The van der Waals surface area contributed by atoms with Gasteiger partial charge in [-0.2, -0.15) is 0 Å². The highest BCUT2D eigenvalue weighted by Crippen LogP contribution is 2.22. The molecule has 0 spiro atoms. The van der Waals surface area contributed by atoms with Gasteiger partial charge in [-0.3, -0.25) is 4.72 Å². The van der Waals surface area contributed by atoms with Gasteiger partial charge in [0.25, 0.3) is 10.0 Å². The van der Waals surface area contributed by atoms with Crippen LogP contribution >= 0.6 is 11.3 Å². The van der Waals surface area contributed by atoms with E-state index in [1.54, 1.807) is 32.2 Å². The number of rotatable bonds is 5. The van der Waals surface area contributed by atoms with Gasteiger partial charge in [-0.05, 0) is 50.4 Å². The van der Waals surface area contributed by atoms with Crippen molar-refractivity contribution < 1.29 is 16.8 Å². The minimum atomic E-state index is -3.73. The molecule has 6 nitrogen and oxygen atoms in total. The highest BCUT2D eigenvalue weighted by Gasteiger charge is 2.23. The fourth-order valence-corrected chi connectivity index (χ4v) is 5.32. The Bertz CT molecular complexity index is 880. The van der Waals surface area contributed by atoms with Gasteiger partial charge in [-0.1, -0.05) is 12.1 Å². The summed E-state index contributed by atoms with van der Waals surface area (Å²) in [5, 5.41) is 1.66. The lowest BCUT2D eigenvalue weighted by molar-refractivity contribution is 0.491. The summed E-state index contributed by atoms with van der Waals surface area (Å²) < 4.78 is 54.1. The molecule has 1 aromatic carbocycles. The normalized spacial score (nSPS) is 13.0. The number of sulfonamides is 2. The predicted octanol–water partition coefficient (Wildman–Crippen LogP) is 2.63. The first-order chi connectivity index (χ1) is 10.5. The van der Waals surface area contributed by atoms with Crippen LogP contribution in [-0.2, 0) is 20.0 Å². The molecule has 0 amide bonds. The molecule has 23 heavy (non-hydrogen) atoms. The summed E-state index contributed by atoms with van der Waals surface area (Å²) in [7, 11) is -7.45. The van der Waals surface area contributed by atoms with Crippen LogP contribution < -0.4 is 9.44 Å². The van der Waals surface area contributed by atoms with Crippen LogP contribution in [0.25, 0.3) is 0 Å². The van der Waals surface area contributed by atoms with Crippen molar-refractivity contribution >= 4 is 37.1 Å². The summed E-state index contributed by atoms with van der Waals surface area (Å²) in [6, 6.07) is 8.81. The second-order valence-electron chi connectivity index (χ2n) is 5.92. The molecule has 0 aliphatic heterocycles. The molecule has 126 valence electrons. The van der Waals surface area contributed by atoms with Gasteiger partial charge in [0.2, 0.25) is 10.0 Å². The summed E-state index contributed by atoms with van der Waals surface area (Å²) in [4.78, 5) is -0.00111. The van der Waals surface area contributed by atoms with E-state index in [4.69, 9.17) is 0 Å². The molecule has 0 fully saturated rings. The first kappa shape index (κ1) is 17.9. The SMILES string of the molecule is CC(C)(C)NS(=O)(=O)c1cccc(NS(=O)(=O)c2cccs2)c1. The molecule has 2 rings (SSSR count). The molecule has 1 aromatic heterocycles. The second-order valence-corrected chi connectivity index (χ2v) is 10.5. The Labute approximate surface area is 140 Å². The summed E-state index contributed by atoms with van der Waals surface area (Å²) in [6.07, 6.45) is 0. The van der Waals surface area contributed by atoms with Crippen LogP contribution in [0.4, 0.5) is 5.69 Å². The van der Waals surface area contributed by atoms with Crippen molar-refractivity contribution in [3.05, 3.63) is 41.8 Å². The van der Waals surface area contributed by atoms with E-state index in [1.807, 2.05) is 0 Å². The first-order valence-corrected chi connectivity index (χ1v) is 10.5. The molecule has 0 aliphatic rings. The zero-order chi connectivity index (χ0) is 17.3. The Morgan fingerprint density at radius 3 is 2.22 bits per heavy atom. The van der Waals surface area contributed by atoms with E-state index in [2.05, 4.69) is 9.44 Å². The molecule has 9 heteroatoms.